The van der Waals surface area contributed by atoms with E-state index in [1.165, 1.54) is 18.4 Å². The maximum Gasteiger partial charge on any atom is -0.00965 e. The van der Waals surface area contributed by atoms with Crippen molar-refractivity contribution in [3.8, 4) is 0 Å². The molecule has 0 saturated heterocycles. The minimum absolute atomic E-state index is 1.15. The van der Waals surface area contributed by atoms with E-state index in [0.717, 1.165) is 12.8 Å². The van der Waals surface area contributed by atoms with E-state index in [9.17, 15) is 0 Å². The van der Waals surface area contributed by atoms with Crippen LogP contribution in [-0.2, 0) is 0 Å². The van der Waals surface area contributed by atoms with Crippen LogP contribution in [0.25, 0.3) is 0 Å². The molecule has 0 aromatic rings. The molecule has 0 radical (unpaired) electrons. The van der Waals surface area contributed by atoms with E-state index in [-0.39, 0.29) is 0 Å². The van der Waals surface area contributed by atoms with Gasteiger partial charge in [-0.15, -0.1) is 0 Å². The zero-order valence-electron chi connectivity index (χ0n) is 9.06. The van der Waals surface area contributed by atoms with Gasteiger partial charge in [0.05, 0.1) is 0 Å². The number of hydrogen-bond acceptors (Lipinski definition) is 0. The van der Waals surface area contributed by atoms with E-state index in [2.05, 4.69) is 39.0 Å². The Morgan fingerprint density at radius 1 is 1.31 bits per heavy atom. The molecule has 0 bridgehead atoms. The van der Waals surface area contributed by atoms with Gasteiger partial charge in [-0.05, 0) is 32.6 Å². The summed E-state index contributed by atoms with van der Waals surface area (Å²) in [4.78, 5) is 0. The molecule has 0 saturated carbocycles. The molecular weight excluding hydrogens is 156 g/mol. The van der Waals surface area contributed by atoms with E-state index in [4.69, 9.17) is 0 Å². The van der Waals surface area contributed by atoms with Crippen LogP contribution in [0.2, 0.25) is 0 Å². The lowest BCUT2D eigenvalue weighted by Gasteiger charge is -2.00. The van der Waals surface area contributed by atoms with E-state index in [1.807, 2.05) is 0 Å². The van der Waals surface area contributed by atoms with Gasteiger partial charge in [0.15, 0.2) is 0 Å². The number of hydrogen-bond donors (Lipinski definition) is 0. The van der Waals surface area contributed by atoms with Gasteiger partial charge in [0.2, 0.25) is 0 Å². The van der Waals surface area contributed by atoms with Gasteiger partial charge in [0, 0.05) is 0 Å². The molecule has 0 aliphatic heterocycles. The predicted octanol–water partition coefficient (Wildman–Crippen LogP) is 4.40. The molecule has 0 nitrogen and oxygen atoms in total. The van der Waals surface area contributed by atoms with Gasteiger partial charge >= 0.3 is 0 Å². The van der Waals surface area contributed by atoms with Gasteiger partial charge in [-0.25, -0.2) is 0 Å². The summed E-state index contributed by atoms with van der Waals surface area (Å²) in [5.74, 6) is 0. The topological polar surface area (TPSA) is 0 Å². The van der Waals surface area contributed by atoms with E-state index in [1.54, 1.807) is 11.1 Å². The fourth-order valence-corrected chi connectivity index (χ4v) is 1.73. The first-order valence-electron chi connectivity index (χ1n) is 5.31. The van der Waals surface area contributed by atoms with Crippen molar-refractivity contribution in [3.05, 3.63) is 34.9 Å². The van der Waals surface area contributed by atoms with E-state index in [0.29, 0.717) is 0 Å². The van der Waals surface area contributed by atoms with Crippen LogP contribution in [0.1, 0.15) is 46.5 Å². The van der Waals surface area contributed by atoms with Gasteiger partial charge in [0.25, 0.3) is 0 Å². The molecule has 0 spiro atoms. The molecule has 0 N–H and O–H groups in total. The predicted molar refractivity (Wildman–Crippen MR) is 59.7 cm³/mol. The summed E-state index contributed by atoms with van der Waals surface area (Å²) in [6, 6.07) is 0. The van der Waals surface area contributed by atoms with Crippen molar-refractivity contribution in [2.24, 2.45) is 0 Å². The molecule has 0 fully saturated rings. The zero-order valence-corrected chi connectivity index (χ0v) is 9.06. The average molecular weight is 176 g/mol. The second-order valence-corrected chi connectivity index (χ2v) is 3.70. The van der Waals surface area contributed by atoms with Crippen molar-refractivity contribution in [3.63, 3.8) is 0 Å². The highest BCUT2D eigenvalue weighted by molar-refractivity contribution is 5.38. The van der Waals surface area contributed by atoms with Gasteiger partial charge in [-0.1, -0.05) is 48.8 Å². The van der Waals surface area contributed by atoms with Gasteiger partial charge in [0.1, 0.15) is 0 Å². The normalized spacial score (nSPS) is 17.3. The maximum atomic E-state index is 2.36. The summed E-state index contributed by atoms with van der Waals surface area (Å²) < 4.78 is 0. The van der Waals surface area contributed by atoms with Crippen molar-refractivity contribution in [1.82, 2.24) is 0 Å². The maximum absolute atomic E-state index is 2.36. The fourth-order valence-electron chi connectivity index (χ4n) is 1.73. The Bertz CT molecular complexity index is 251. The lowest BCUT2D eigenvalue weighted by Crippen LogP contribution is -1.81. The van der Waals surface area contributed by atoms with Crippen molar-refractivity contribution in [2.45, 2.75) is 46.5 Å². The average Bonchev–Trinajstić information content (AvgIpc) is 2.48. The summed E-state index contributed by atoms with van der Waals surface area (Å²) in [5.41, 5.74) is 4.71. The number of allylic oxidation sites excluding steroid dienone is 6. The molecule has 0 unspecified atom stereocenters. The largest absolute Gasteiger partial charge is 0.0885 e. The SMILES string of the molecule is CCC=CCC1=C(C)C=C(CC)C1. The van der Waals surface area contributed by atoms with Crippen molar-refractivity contribution >= 4 is 0 Å². The summed E-state index contributed by atoms with van der Waals surface area (Å²) >= 11 is 0. The monoisotopic (exact) mass is 176 g/mol. The lowest BCUT2D eigenvalue weighted by atomic mass is 10.1. The fraction of sp³-hybridized carbons (Fsp3) is 0.538. The molecule has 72 valence electrons. The first-order valence-corrected chi connectivity index (χ1v) is 5.31. The Morgan fingerprint density at radius 2 is 2.08 bits per heavy atom. The van der Waals surface area contributed by atoms with Crippen LogP contribution < -0.4 is 0 Å². The molecule has 0 heteroatoms. The Kier molecular flexibility index (Phi) is 4.01. The Balaban J connectivity index is 2.47. The van der Waals surface area contributed by atoms with Gasteiger partial charge < -0.3 is 0 Å². The van der Waals surface area contributed by atoms with Crippen molar-refractivity contribution < 1.29 is 0 Å². The van der Waals surface area contributed by atoms with Gasteiger partial charge in [-0.3, -0.25) is 0 Å². The molecule has 1 aliphatic rings. The molecule has 0 atom stereocenters. The molecule has 0 heterocycles. The highest BCUT2D eigenvalue weighted by atomic mass is 14.1. The van der Waals surface area contributed by atoms with Crippen LogP contribution in [0.5, 0.6) is 0 Å². The van der Waals surface area contributed by atoms with Crippen LogP contribution in [0, 0.1) is 0 Å². The third kappa shape index (κ3) is 2.87. The summed E-state index contributed by atoms with van der Waals surface area (Å²) in [7, 11) is 0. The summed E-state index contributed by atoms with van der Waals surface area (Å²) in [6.45, 7) is 6.66. The molecule has 13 heavy (non-hydrogen) atoms. The molecule has 1 rings (SSSR count). The van der Waals surface area contributed by atoms with Crippen LogP contribution in [0.15, 0.2) is 34.9 Å². The van der Waals surface area contributed by atoms with Crippen LogP contribution in [0.4, 0.5) is 0 Å². The van der Waals surface area contributed by atoms with E-state index < -0.39 is 0 Å². The molecule has 0 aromatic carbocycles. The third-order valence-electron chi connectivity index (χ3n) is 2.64. The smallest absolute Gasteiger partial charge is 0.00965 e. The highest BCUT2D eigenvalue weighted by Crippen LogP contribution is 2.29. The van der Waals surface area contributed by atoms with Crippen LogP contribution >= 0.6 is 0 Å². The first kappa shape index (κ1) is 10.3. The minimum atomic E-state index is 1.15. The van der Waals surface area contributed by atoms with Crippen molar-refractivity contribution in [2.75, 3.05) is 0 Å². The quantitative estimate of drug-likeness (QED) is 0.557. The van der Waals surface area contributed by atoms with Crippen molar-refractivity contribution in [1.29, 1.82) is 0 Å². The van der Waals surface area contributed by atoms with Gasteiger partial charge in [-0.2, -0.15) is 0 Å². The highest BCUT2D eigenvalue weighted by Gasteiger charge is 2.09. The first-order chi connectivity index (χ1) is 6.27. The Morgan fingerprint density at radius 3 is 2.62 bits per heavy atom. The van der Waals surface area contributed by atoms with E-state index >= 15 is 0 Å². The second-order valence-electron chi connectivity index (χ2n) is 3.70. The van der Waals surface area contributed by atoms with Crippen LogP contribution in [-0.4, -0.2) is 0 Å². The Hall–Kier alpha value is -0.780. The molecule has 0 amide bonds. The summed E-state index contributed by atoms with van der Waals surface area (Å²) in [5, 5.41) is 0. The number of rotatable bonds is 4. The standard InChI is InChI=1S/C13H20/c1-4-6-7-8-13-10-12(5-2)9-11(13)3/h6-7,9H,4-5,8,10H2,1-3H3. The van der Waals surface area contributed by atoms with Crippen LogP contribution in [0.3, 0.4) is 0 Å². The molecular formula is C13H20. The summed E-state index contributed by atoms with van der Waals surface area (Å²) in [6.07, 6.45) is 11.6. The minimum Gasteiger partial charge on any atom is -0.0885 e. The zero-order chi connectivity index (χ0) is 9.68. The molecule has 1 aliphatic carbocycles. The molecule has 0 aromatic heterocycles. The Labute approximate surface area is 82.0 Å². The second kappa shape index (κ2) is 5.06. The third-order valence-corrected chi connectivity index (χ3v) is 2.64. The lowest BCUT2D eigenvalue weighted by molar-refractivity contribution is 0.983.